The molecule has 0 saturated carbocycles. The number of nitrogens with zero attached hydrogens (tertiary/aromatic N) is 2. The standard InChI is InChI=1S/C19H14N2O5/c1-24-13-2-3-14-10(5-13)4-12-8-21-15(17(12)20-14)6-11(7-16(21)22)18-19(23)26-9-25-18/h2-7,18H,8-9H2,1H3/t18-/m0/s1. The second-order valence-corrected chi connectivity index (χ2v) is 6.28. The van der Waals surface area contributed by atoms with Gasteiger partial charge in [-0.25, -0.2) is 9.78 Å². The van der Waals surface area contributed by atoms with Crippen molar-refractivity contribution >= 4 is 16.9 Å². The van der Waals surface area contributed by atoms with Gasteiger partial charge in [0.25, 0.3) is 5.56 Å². The monoisotopic (exact) mass is 350 g/mol. The third kappa shape index (κ3) is 2.14. The van der Waals surface area contributed by atoms with E-state index in [2.05, 4.69) is 0 Å². The molecule has 0 unspecified atom stereocenters. The van der Waals surface area contributed by atoms with E-state index >= 15 is 0 Å². The fourth-order valence-electron chi connectivity index (χ4n) is 3.50. The maximum Gasteiger partial charge on any atom is 0.342 e. The van der Waals surface area contributed by atoms with Gasteiger partial charge in [0.1, 0.15) is 5.75 Å². The molecule has 3 aromatic rings. The largest absolute Gasteiger partial charge is 0.497 e. The smallest absolute Gasteiger partial charge is 0.342 e. The summed E-state index contributed by atoms with van der Waals surface area (Å²) in [5.41, 5.74) is 3.49. The van der Waals surface area contributed by atoms with Gasteiger partial charge in [-0.3, -0.25) is 4.79 Å². The number of ether oxygens (including phenoxy) is 3. The molecule has 1 atom stereocenters. The third-order valence-electron chi connectivity index (χ3n) is 4.77. The zero-order chi connectivity index (χ0) is 17.8. The van der Waals surface area contributed by atoms with Crippen molar-refractivity contribution in [3.8, 4) is 17.1 Å². The molecule has 0 bridgehead atoms. The molecule has 5 rings (SSSR count). The average Bonchev–Trinajstić information content (AvgIpc) is 3.23. The minimum Gasteiger partial charge on any atom is -0.497 e. The molecule has 7 heteroatoms. The molecule has 0 aliphatic carbocycles. The summed E-state index contributed by atoms with van der Waals surface area (Å²) in [6.07, 6.45) is -0.859. The highest BCUT2D eigenvalue weighted by Crippen LogP contribution is 2.34. The van der Waals surface area contributed by atoms with E-state index in [-0.39, 0.29) is 12.4 Å². The minimum atomic E-state index is -0.859. The quantitative estimate of drug-likeness (QED) is 0.515. The number of carbonyl (C=O) groups is 1. The van der Waals surface area contributed by atoms with E-state index in [1.54, 1.807) is 17.7 Å². The minimum absolute atomic E-state index is 0.0940. The zero-order valence-corrected chi connectivity index (χ0v) is 13.9. The van der Waals surface area contributed by atoms with Crippen LogP contribution in [0.3, 0.4) is 0 Å². The Labute approximate surface area is 147 Å². The van der Waals surface area contributed by atoms with Crippen LogP contribution in [0.5, 0.6) is 5.75 Å². The first-order valence-electron chi connectivity index (χ1n) is 8.15. The first-order chi connectivity index (χ1) is 12.6. The Morgan fingerprint density at radius 1 is 1.19 bits per heavy atom. The van der Waals surface area contributed by atoms with Crippen molar-refractivity contribution in [2.45, 2.75) is 12.6 Å². The van der Waals surface area contributed by atoms with Crippen molar-refractivity contribution < 1.29 is 19.0 Å². The molecule has 26 heavy (non-hydrogen) atoms. The number of methoxy groups -OCH3 is 1. The van der Waals surface area contributed by atoms with E-state index in [1.165, 1.54) is 6.07 Å². The Bertz CT molecular complexity index is 1130. The number of pyridine rings is 2. The van der Waals surface area contributed by atoms with E-state index in [1.807, 2.05) is 24.3 Å². The number of carbonyl (C=O) groups excluding carboxylic acids is 1. The number of cyclic esters (lactones) is 1. The Morgan fingerprint density at radius 3 is 2.85 bits per heavy atom. The summed E-state index contributed by atoms with van der Waals surface area (Å²) in [6.45, 7) is 0.350. The average molecular weight is 350 g/mol. The molecule has 2 aromatic heterocycles. The third-order valence-corrected chi connectivity index (χ3v) is 4.77. The van der Waals surface area contributed by atoms with Crippen LogP contribution < -0.4 is 10.3 Å². The summed E-state index contributed by atoms with van der Waals surface area (Å²) in [7, 11) is 1.62. The van der Waals surface area contributed by atoms with Gasteiger partial charge in [0.2, 0.25) is 0 Å². The summed E-state index contributed by atoms with van der Waals surface area (Å²) in [4.78, 5) is 29.1. The van der Waals surface area contributed by atoms with Crippen molar-refractivity contribution in [2.75, 3.05) is 13.9 Å². The number of hydrogen-bond donors (Lipinski definition) is 0. The van der Waals surface area contributed by atoms with E-state index < -0.39 is 12.1 Å². The van der Waals surface area contributed by atoms with Gasteiger partial charge >= 0.3 is 5.97 Å². The SMILES string of the molecule is COc1ccc2nc3c(cc2c1)Cn1c-3cc([C@@H]2OCOC2=O)cc1=O. The van der Waals surface area contributed by atoms with Crippen LogP contribution in [0.4, 0.5) is 0 Å². The van der Waals surface area contributed by atoms with Crippen molar-refractivity contribution in [1.29, 1.82) is 0 Å². The highest BCUT2D eigenvalue weighted by Gasteiger charge is 2.32. The van der Waals surface area contributed by atoms with Crippen LogP contribution in [0.25, 0.3) is 22.3 Å². The van der Waals surface area contributed by atoms with Gasteiger partial charge in [-0.2, -0.15) is 0 Å². The van der Waals surface area contributed by atoms with Crippen LogP contribution in [-0.4, -0.2) is 29.4 Å². The fourth-order valence-corrected chi connectivity index (χ4v) is 3.50. The van der Waals surface area contributed by atoms with Crippen molar-refractivity contribution in [1.82, 2.24) is 9.55 Å². The number of rotatable bonds is 2. The van der Waals surface area contributed by atoms with E-state index in [0.29, 0.717) is 17.8 Å². The predicted octanol–water partition coefficient (Wildman–Crippen LogP) is 2.01. The maximum atomic E-state index is 12.6. The van der Waals surface area contributed by atoms with Crippen LogP contribution in [0.2, 0.25) is 0 Å². The molecule has 4 heterocycles. The zero-order valence-electron chi connectivity index (χ0n) is 13.9. The molecule has 130 valence electrons. The predicted molar refractivity (Wildman–Crippen MR) is 91.9 cm³/mol. The molecular weight excluding hydrogens is 336 g/mol. The normalized spacial score (nSPS) is 17.9. The maximum absolute atomic E-state index is 12.6. The lowest BCUT2D eigenvalue weighted by molar-refractivity contribution is -0.139. The van der Waals surface area contributed by atoms with Crippen LogP contribution >= 0.6 is 0 Å². The van der Waals surface area contributed by atoms with Gasteiger partial charge in [0.15, 0.2) is 12.9 Å². The molecule has 0 N–H and O–H groups in total. The molecule has 2 aliphatic heterocycles. The van der Waals surface area contributed by atoms with Crippen LogP contribution in [0.1, 0.15) is 17.2 Å². The topological polar surface area (TPSA) is 79.7 Å². The summed E-state index contributed by atoms with van der Waals surface area (Å²) in [5, 5.41) is 0.951. The van der Waals surface area contributed by atoms with Gasteiger partial charge < -0.3 is 18.8 Å². The molecule has 1 saturated heterocycles. The number of aromatic nitrogens is 2. The van der Waals surface area contributed by atoms with Gasteiger partial charge in [0, 0.05) is 17.0 Å². The highest BCUT2D eigenvalue weighted by atomic mass is 16.7. The van der Waals surface area contributed by atoms with Crippen molar-refractivity contribution in [3.63, 3.8) is 0 Å². The second kappa shape index (κ2) is 5.40. The Balaban J connectivity index is 1.68. The first-order valence-corrected chi connectivity index (χ1v) is 8.15. The number of esters is 1. The highest BCUT2D eigenvalue weighted by molar-refractivity contribution is 5.85. The number of fused-ring (bicyclic) bond motifs is 4. The number of hydrogen-bond acceptors (Lipinski definition) is 6. The van der Waals surface area contributed by atoms with Crippen molar-refractivity contribution in [3.05, 3.63) is 57.9 Å². The van der Waals surface area contributed by atoms with Gasteiger partial charge in [-0.05, 0) is 35.9 Å². The van der Waals surface area contributed by atoms with Crippen LogP contribution in [0, 0.1) is 0 Å². The summed E-state index contributed by atoms with van der Waals surface area (Å²) in [6, 6.07) is 10.9. The molecule has 0 radical (unpaired) electrons. The second-order valence-electron chi connectivity index (χ2n) is 6.28. The number of benzene rings is 1. The van der Waals surface area contributed by atoms with E-state index in [4.69, 9.17) is 19.2 Å². The molecule has 2 aliphatic rings. The molecule has 7 nitrogen and oxygen atoms in total. The van der Waals surface area contributed by atoms with Crippen LogP contribution in [0.15, 0.2) is 41.2 Å². The first kappa shape index (κ1) is 15.1. The molecular formula is C19H14N2O5. The summed E-state index contributed by atoms with van der Waals surface area (Å²) < 4.78 is 17.0. The lowest BCUT2D eigenvalue weighted by Gasteiger charge is -2.09. The molecule has 0 amide bonds. The lowest BCUT2D eigenvalue weighted by atomic mass is 10.1. The van der Waals surface area contributed by atoms with Crippen molar-refractivity contribution in [2.24, 2.45) is 0 Å². The van der Waals surface area contributed by atoms with E-state index in [0.717, 1.165) is 27.9 Å². The van der Waals surface area contributed by atoms with Gasteiger partial charge in [-0.1, -0.05) is 0 Å². The lowest BCUT2D eigenvalue weighted by Crippen LogP contribution is -2.20. The summed E-state index contributed by atoms with van der Waals surface area (Å²) >= 11 is 0. The fraction of sp³-hybridized carbons (Fsp3) is 0.211. The van der Waals surface area contributed by atoms with Gasteiger partial charge in [0.05, 0.1) is 30.6 Å². The Morgan fingerprint density at radius 2 is 2.08 bits per heavy atom. The molecule has 1 aromatic carbocycles. The van der Waals surface area contributed by atoms with Gasteiger partial charge in [-0.15, -0.1) is 0 Å². The molecule has 0 spiro atoms. The summed E-state index contributed by atoms with van der Waals surface area (Å²) in [5.74, 6) is 0.275. The van der Waals surface area contributed by atoms with Crippen LogP contribution in [-0.2, 0) is 20.8 Å². The Kier molecular flexibility index (Phi) is 3.14. The molecule has 1 fully saturated rings. The van der Waals surface area contributed by atoms with E-state index in [9.17, 15) is 9.59 Å². The Hall–Kier alpha value is -3.19.